The van der Waals surface area contributed by atoms with Crippen molar-refractivity contribution in [2.45, 2.75) is 0 Å². The third-order valence-corrected chi connectivity index (χ3v) is 27.6. The number of fused-ring (bicyclic) bond motifs is 21. The van der Waals surface area contributed by atoms with Crippen molar-refractivity contribution in [3.8, 4) is 150 Å². The second kappa shape index (κ2) is 27.8. The largest absolute Gasteiger partial charge is 0.456 e. The van der Waals surface area contributed by atoms with Gasteiger partial charge in [0, 0.05) is 58.1 Å². The lowest BCUT2D eigenvalue weighted by atomic mass is 9.92. The molecule has 0 radical (unpaired) electrons. The van der Waals surface area contributed by atoms with E-state index in [1.54, 1.807) is 0 Å². The maximum absolute atomic E-state index is 6.11. The summed E-state index contributed by atoms with van der Waals surface area (Å²) in [4.78, 5) is 0. The fraction of sp³-hybridized carbons (Fsp3) is 0. The first-order valence-electron chi connectivity index (χ1n) is 42.6. The maximum Gasteiger partial charge on any atom is 0.135 e. The topological polar surface area (TPSA) is 31.2 Å². The average Bonchev–Trinajstić information content (AvgIpc) is 1.58. The number of benzene rings is 21. The highest BCUT2D eigenvalue weighted by Gasteiger charge is 2.28. The summed E-state index contributed by atoms with van der Waals surface area (Å²) < 4.78 is 17.3. The predicted octanol–water partition coefficient (Wildman–Crippen LogP) is 34.4. The summed E-state index contributed by atoms with van der Waals surface area (Å²) in [6.07, 6.45) is 0. The Hall–Kier alpha value is -16.0. The van der Waals surface area contributed by atoms with Crippen molar-refractivity contribution in [1.29, 1.82) is 0 Å². The molecule has 0 fully saturated rings. The van der Waals surface area contributed by atoms with Gasteiger partial charge in [0.15, 0.2) is 0 Å². The first-order chi connectivity index (χ1) is 61.5. The number of thiophene rings is 1. The number of aromatic nitrogens is 1. The molecule has 4 heterocycles. The Bertz CT molecular complexity index is 8710. The van der Waals surface area contributed by atoms with Gasteiger partial charge in [-0.1, -0.05) is 340 Å². The number of hydrogen-bond donors (Lipinski definition) is 0. The summed E-state index contributed by atoms with van der Waals surface area (Å²) in [6, 6.07) is 157. The van der Waals surface area contributed by atoms with Gasteiger partial charge in [-0.15, -0.1) is 11.3 Å². The molecule has 21 aromatic carbocycles. The summed E-state index contributed by atoms with van der Waals surface area (Å²) in [5.41, 5.74) is 40.5. The minimum atomic E-state index is 0.917. The lowest BCUT2D eigenvalue weighted by molar-refractivity contribution is 0.668. The lowest BCUT2D eigenvalue weighted by Crippen LogP contribution is -1.97. The Kier molecular flexibility index (Phi) is 15.7. The molecule has 3 aliphatic carbocycles. The Morgan fingerprint density at radius 1 is 0.153 bits per heavy atom. The summed E-state index contributed by atoms with van der Waals surface area (Å²) in [7, 11) is 0. The molecule has 4 heteroatoms. The van der Waals surface area contributed by atoms with Gasteiger partial charge in [-0.25, -0.2) is 0 Å². The fourth-order valence-electron chi connectivity index (χ4n) is 20.8. The standard InChI is InChI=1S/C52H30O2.C34H21N.C34H20S/c1-3-16-48-40(12-1)46-29-35(19-24-50(46)53-48)32-9-5-8-31(26-32)34-18-21-39-43-15-7-14-42-38(22-23-44(52(42)43)45(39)28-34)37-11-6-10-33(27-37)36-20-25-51-47(30-36)41-13-2-4-17-49(41)54-51;1-2-11-23-22(10-1)28-15-9-16-29-24(20-21-30(23)34(28)29)25-12-3-6-17-31(25)35-32-18-7-4-13-26(32)27-14-5-8-19-33(27)35;1-2-7-26-25(6-1)29-10-5-9-28-24(17-18-30(26)34(28)29)22-14-12-21(13-15-22)23-16-19-33-31(20-23)27-8-3-4-11-32(27)35-33/h1-30H;1-21H;1-20H. The minimum Gasteiger partial charge on any atom is -0.456 e. The maximum atomic E-state index is 6.11. The fourth-order valence-corrected chi connectivity index (χ4v) is 21.9. The Morgan fingerprint density at radius 2 is 0.476 bits per heavy atom. The molecule has 574 valence electrons. The molecule has 3 nitrogen and oxygen atoms in total. The van der Waals surface area contributed by atoms with Crippen LogP contribution in [0.3, 0.4) is 0 Å². The highest BCUT2D eigenvalue weighted by molar-refractivity contribution is 7.25. The van der Waals surface area contributed by atoms with Gasteiger partial charge in [0.2, 0.25) is 0 Å². The lowest BCUT2D eigenvalue weighted by Gasteiger charge is -2.16. The van der Waals surface area contributed by atoms with Gasteiger partial charge < -0.3 is 13.4 Å². The quantitative estimate of drug-likeness (QED) is 0.152. The molecular weight excluding hydrogens is 1520 g/mol. The second-order valence-electron chi connectivity index (χ2n) is 33.1. The molecular formula is C120H71NO2S. The highest BCUT2D eigenvalue weighted by atomic mass is 32.1. The van der Waals surface area contributed by atoms with Gasteiger partial charge in [-0.05, 0) is 262 Å². The van der Waals surface area contributed by atoms with E-state index in [1.807, 2.05) is 35.6 Å². The van der Waals surface area contributed by atoms with Gasteiger partial charge in [0.05, 0.1) is 16.7 Å². The van der Waals surface area contributed by atoms with Crippen LogP contribution in [0.2, 0.25) is 0 Å². The Balaban J connectivity index is 0.000000103. The van der Waals surface area contributed by atoms with Crippen molar-refractivity contribution in [2.24, 2.45) is 0 Å². The summed E-state index contributed by atoms with van der Waals surface area (Å²) in [5, 5.41) is 17.8. The van der Waals surface area contributed by atoms with E-state index < -0.39 is 0 Å². The number of rotatable bonds is 8. The normalized spacial score (nSPS) is 12.0. The molecule has 0 atom stereocenters. The van der Waals surface area contributed by atoms with Crippen LogP contribution in [-0.4, -0.2) is 4.57 Å². The minimum absolute atomic E-state index is 0.917. The molecule has 124 heavy (non-hydrogen) atoms. The first kappa shape index (κ1) is 69.9. The van der Waals surface area contributed by atoms with Crippen LogP contribution in [0.1, 0.15) is 0 Å². The van der Waals surface area contributed by atoms with Gasteiger partial charge in [-0.3, -0.25) is 0 Å². The third-order valence-electron chi connectivity index (χ3n) is 26.4. The van der Waals surface area contributed by atoms with Crippen LogP contribution in [0.25, 0.3) is 269 Å². The summed E-state index contributed by atoms with van der Waals surface area (Å²) in [6.45, 7) is 0. The van der Waals surface area contributed by atoms with E-state index in [2.05, 4.69) is 411 Å². The van der Waals surface area contributed by atoms with Crippen molar-refractivity contribution in [2.75, 3.05) is 0 Å². The Morgan fingerprint density at radius 3 is 1.05 bits per heavy atom. The van der Waals surface area contributed by atoms with Crippen molar-refractivity contribution in [1.82, 2.24) is 4.57 Å². The molecule has 28 rings (SSSR count). The molecule has 0 N–H and O–H groups in total. The summed E-state index contributed by atoms with van der Waals surface area (Å²) in [5.74, 6) is 0. The second-order valence-corrected chi connectivity index (χ2v) is 34.2. The number of para-hydroxylation sites is 5. The Labute approximate surface area is 718 Å². The van der Waals surface area contributed by atoms with Crippen LogP contribution in [0, 0.1) is 0 Å². The van der Waals surface area contributed by atoms with Crippen molar-refractivity contribution in [3.63, 3.8) is 0 Å². The van der Waals surface area contributed by atoms with Gasteiger partial charge >= 0.3 is 0 Å². The number of furan rings is 2. The van der Waals surface area contributed by atoms with E-state index in [0.29, 0.717) is 0 Å². The SMILES string of the molecule is c1cc(-c2ccc3c(c2)-c2ccc(-c4cccc(-c5ccc6oc7ccccc7c6c5)c4)c4cccc-3c24)cc(-c2ccc3oc4ccccc4c3c2)c1.c1ccc2c(c1)-c1cccc3c(-c4ccc(-c5ccc6sc7ccccc7c6c5)cc4)ccc-2c13.c1ccc2c(c1)-c1cccc3c(-c4ccccc4-n4c5ccccc5c5ccccc54)ccc-2c13. The predicted molar refractivity (Wildman–Crippen MR) is 525 cm³/mol. The van der Waals surface area contributed by atoms with E-state index in [0.717, 1.165) is 43.9 Å². The molecule has 0 unspecified atom stereocenters. The van der Waals surface area contributed by atoms with Gasteiger partial charge in [0.1, 0.15) is 22.3 Å². The van der Waals surface area contributed by atoms with Crippen molar-refractivity contribution >= 4 is 130 Å². The highest BCUT2D eigenvalue weighted by Crippen LogP contribution is 2.55. The molecule has 3 aliphatic rings. The zero-order chi connectivity index (χ0) is 81.2. The zero-order valence-electron chi connectivity index (χ0n) is 67.2. The average molecular weight is 1590 g/mol. The monoisotopic (exact) mass is 1590 g/mol. The van der Waals surface area contributed by atoms with E-state index in [9.17, 15) is 0 Å². The number of nitrogens with zero attached hydrogens (tertiary/aromatic N) is 1. The van der Waals surface area contributed by atoms with Crippen molar-refractivity contribution in [3.05, 3.63) is 431 Å². The van der Waals surface area contributed by atoms with E-state index in [4.69, 9.17) is 8.83 Å². The van der Waals surface area contributed by atoms with Crippen LogP contribution in [0.5, 0.6) is 0 Å². The van der Waals surface area contributed by atoms with Crippen molar-refractivity contribution < 1.29 is 8.83 Å². The molecule has 0 spiro atoms. The zero-order valence-corrected chi connectivity index (χ0v) is 68.0. The molecule has 25 aromatic rings. The van der Waals surface area contributed by atoms with Crippen LogP contribution in [-0.2, 0) is 0 Å². The van der Waals surface area contributed by atoms with Gasteiger partial charge in [0.25, 0.3) is 0 Å². The van der Waals surface area contributed by atoms with E-state index in [-0.39, 0.29) is 0 Å². The smallest absolute Gasteiger partial charge is 0.135 e. The molecule has 0 bridgehead atoms. The molecule has 4 aromatic heterocycles. The van der Waals surface area contributed by atoms with Crippen LogP contribution in [0.15, 0.2) is 440 Å². The van der Waals surface area contributed by atoms with E-state index >= 15 is 0 Å². The molecule has 0 aliphatic heterocycles. The molecule has 0 saturated heterocycles. The van der Waals surface area contributed by atoms with Crippen LogP contribution >= 0.6 is 11.3 Å². The molecule has 0 amide bonds. The summed E-state index contributed by atoms with van der Waals surface area (Å²) >= 11 is 1.87. The van der Waals surface area contributed by atoms with Crippen LogP contribution < -0.4 is 0 Å². The number of hydrogen-bond acceptors (Lipinski definition) is 3. The van der Waals surface area contributed by atoms with Gasteiger partial charge in [-0.2, -0.15) is 0 Å². The van der Waals surface area contributed by atoms with E-state index in [1.165, 1.54) is 225 Å². The third kappa shape index (κ3) is 10.9. The first-order valence-corrected chi connectivity index (χ1v) is 43.5. The van der Waals surface area contributed by atoms with Crippen LogP contribution in [0.4, 0.5) is 0 Å². The molecule has 0 saturated carbocycles.